The summed E-state index contributed by atoms with van der Waals surface area (Å²) in [5.74, 6) is 3.80. The number of rotatable bonds is 7. The third-order valence-electron chi connectivity index (χ3n) is 12.4. The van der Waals surface area contributed by atoms with Gasteiger partial charge in [-0.15, -0.1) is 0 Å². The molecule has 0 atom stereocenters. The Balaban J connectivity index is 1.32. The summed E-state index contributed by atoms with van der Waals surface area (Å²) in [6.07, 6.45) is 0. The van der Waals surface area contributed by atoms with Gasteiger partial charge < -0.3 is 9.80 Å². The van der Waals surface area contributed by atoms with Crippen molar-refractivity contribution in [3.05, 3.63) is 127 Å². The summed E-state index contributed by atoms with van der Waals surface area (Å²) in [5.41, 5.74) is 8.29. The Morgan fingerprint density at radius 2 is 0.696 bits per heavy atom. The number of hydrogen-bond acceptors (Lipinski definition) is 7. The number of aliphatic imine (C=N–C) groups is 2. The Bertz CT molecular complexity index is 2340. The van der Waals surface area contributed by atoms with Crippen molar-refractivity contribution in [1.29, 1.82) is 0 Å². The highest BCUT2D eigenvalue weighted by molar-refractivity contribution is 6.01. The zero-order chi connectivity index (χ0) is 39.6. The first-order valence-corrected chi connectivity index (χ1v) is 19.5. The lowest BCUT2D eigenvalue weighted by Crippen LogP contribution is -2.53. The fourth-order valence-electron chi connectivity index (χ4n) is 8.24. The van der Waals surface area contributed by atoms with Gasteiger partial charge in [0.05, 0.1) is 22.2 Å². The number of amidine groups is 2. The molecule has 2 aliphatic heterocycles. The summed E-state index contributed by atoms with van der Waals surface area (Å²) in [5, 5.41) is 0. The Kier molecular flexibility index (Phi) is 8.83. The van der Waals surface area contributed by atoms with Crippen LogP contribution < -0.4 is 9.80 Å². The van der Waals surface area contributed by atoms with Gasteiger partial charge in [0.15, 0.2) is 17.5 Å². The van der Waals surface area contributed by atoms with Crippen LogP contribution in [0.1, 0.15) is 69.2 Å². The molecule has 0 saturated carbocycles. The van der Waals surface area contributed by atoms with Gasteiger partial charge in [0.1, 0.15) is 11.7 Å². The Labute approximate surface area is 332 Å². The van der Waals surface area contributed by atoms with Crippen LogP contribution >= 0.6 is 0 Å². The Hall–Kier alpha value is -5.95. The van der Waals surface area contributed by atoms with Gasteiger partial charge in [0, 0.05) is 28.1 Å². The molecular formula is C49H51N7. The van der Waals surface area contributed by atoms with E-state index in [0.717, 1.165) is 62.0 Å². The molecule has 5 aromatic carbocycles. The third-order valence-corrected chi connectivity index (χ3v) is 12.4. The molecule has 0 spiro atoms. The quantitative estimate of drug-likeness (QED) is 0.163. The van der Waals surface area contributed by atoms with Crippen LogP contribution in [0.25, 0.3) is 56.4 Å². The fraction of sp³-hybridized carbons (Fsp3) is 0.286. The van der Waals surface area contributed by atoms with Crippen molar-refractivity contribution in [1.82, 2.24) is 15.0 Å². The average Bonchev–Trinajstić information content (AvgIpc) is 3.46. The number of aromatic nitrogens is 3. The molecule has 2 aliphatic rings. The molecule has 7 heteroatoms. The van der Waals surface area contributed by atoms with Crippen molar-refractivity contribution in [2.24, 2.45) is 9.98 Å². The van der Waals surface area contributed by atoms with E-state index in [0.29, 0.717) is 17.5 Å². The second-order valence-electron chi connectivity index (χ2n) is 17.2. The lowest BCUT2D eigenvalue weighted by atomic mass is 9.83. The van der Waals surface area contributed by atoms with E-state index in [-0.39, 0.29) is 22.2 Å². The third kappa shape index (κ3) is 6.29. The smallest absolute Gasteiger partial charge is 0.164 e. The second-order valence-corrected chi connectivity index (χ2v) is 17.2. The first kappa shape index (κ1) is 37.0. The maximum Gasteiger partial charge on any atom is 0.164 e. The monoisotopic (exact) mass is 737 g/mol. The topological polar surface area (TPSA) is 69.9 Å². The van der Waals surface area contributed by atoms with Crippen molar-refractivity contribution in [3.8, 4) is 56.4 Å². The number of benzene rings is 5. The van der Waals surface area contributed by atoms with Crippen LogP contribution in [-0.2, 0) is 0 Å². The number of anilines is 2. The van der Waals surface area contributed by atoms with Crippen LogP contribution in [0.4, 0.5) is 11.4 Å². The van der Waals surface area contributed by atoms with Crippen LogP contribution in [0.2, 0.25) is 0 Å². The van der Waals surface area contributed by atoms with Crippen molar-refractivity contribution < 1.29 is 0 Å². The second kappa shape index (κ2) is 13.4. The van der Waals surface area contributed by atoms with E-state index >= 15 is 0 Å². The lowest BCUT2D eigenvalue weighted by molar-refractivity contribution is 0.338. The van der Waals surface area contributed by atoms with Crippen LogP contribution in [0.5, 0.6) is 0 Å². The maximum atomic E-state index is 5.27. The standard InChI is InChI=1S/C49H51N7/c1-32-53-46(3,4)48(7,8)55(32)41-25-17-23-36(30-41)43-50-44(37-24-18-26-42(31-37)56-33(2)54-47(5,6)49(56,9)10)52-45(51-43)40-28-38(34-19-13-11-14-20-34)27-39(29-40)35-21-15-12-16-22-35/h11-31H,1-10H3. The first-order chi connectivity index (χ1) is 26.6. The molecule has 0 amide bonds. The van der Waals surface area contributed by atoms with E-state index in [2.05, 4.69) is 194 Å². The predicted octanol–water partition coefficient (Wildman–Crippen LogP) is 11.8. The van der Waals surface area contributed by atoms with E-state index in [9.17, 15) is 0 Å². The summed E-state index contributed by atoms with van der Waals surface area (Å²) in [6, 6.07) is 44.7. The molecule has 0 saturated heterocycles. The van der Waals surface area contributed by atoms with Crippen molar-refractivity contribution in [2.45, 2.75) is 91.4 Å². The molecule has 0 bridgehead atoms. The van der Waals surface area contributed by atoms with Gasteiger partial charge in [-0.05, 0) is 134 Å². The van der Waals surface area contributed by atoms with Gasteiger partial charge in [0.2, 0.25) is 0 Å². The molecular weight excluding hydrogens is 687 g/mol. The van der Waals surface area contributed by atoms with Gasteiger partial charge in [-0.25, -0.2) is 15.0 Å². The first-order valence-electron chi connectivity index (χ1n) is 19.5. The molecule has 3 heterocycles. The van der Waals surface area contributed by atoms with Crippen molar-refractivity contribution >= 4 is 23.0 Å². The fourth-order valence-corrected chi connectivity index (χ4v) is 8.24. The van der Waals surface area contributed by atoms with Gasteiger partial charge in [-0.2, -0.15) is 0 Å². The van der Waals surface area contributed by atoms with Crippen LogP contribution in [0.3, 0.4) is 0 Å². The Morgan fingerprint density at radius 3 is 1.05 bits per heavy atom. The molecule has 0 radical (unpaired) electrons. The molecule has 7 nitrogen and oxygen atoms in total. The minimum Gasteiger partial charge on any atom is -0.322 e. The molecule has 1 aromatic heterocycles. The SMILES string of the molecule is CC1=NC(C)(C)C(C)(C)N1c1cccc(-c2nc(-c3cc(-c4ccccc4)cc(-c4ccccc4)c3)nc(-c3cccc(N4C(C)=NC(C)(C)C4(C)C)c3)n2)c1. The molecule has 282 valence electrons. The zero-order valence-electron chi connectivity index (χ0n) is 34.3. The molecule has 0 fully saturated rings. The van der Waals surface area contributed by atoms with E-state index in [1.165, 1.54) is 0 Å². The number of nitrogens with zero attached hydrogens (tertiary/aromatic N) is 7. The van der Waals surface area contributed by atoms with Gasteiger partial charge in [0.25, 0.3) is 0 Å². The molecule has 0 aliphatic carbocycles. The van der Waals surface area contributed by atoms with Gasteiger partial charge in [-0.1, -0.05) is 84.9 Å². The maximum absolute atomic E-state index is 5.27. The lowest BCUT2D eigenvalue weighted by Gasteiger charge is -2.41. The van der Waals surface area contributed by atoms with E-state index in [4.69, 9.17) is 24.9 Å². The molecule has 0 N–H and O–H groups in total. The van der Waals surface area contributed by atoms with Gasteiger partial charge in [-0.3, -0.25) is 9.98 Å². The largest absolute Gasteiger partial charge is 0.322 e. The molecule has 8 rings (SSSR count). The Morgan fingerprint density at radius 1 is 0.357 bits per heavy atom. The summed E-state index contributed by atoms with van der Waals surface area (Å²) in [4.78, 5) is 30.6. The highest BCUT2D eigenvalue weighted by Crippen LogP contribution is 2.43. The van der Waals surface area contributed by atoms with Gasteiger partial charge >= 0.3 is 0 Å². The number of hydrogen-bond donors (Lipinski definition) is 0. The summed E-state index contributed by atoms with van der Waals surface area (Å²) in [7, 11) is 0. The van der Waals surface area contributed by atoms with E-state index in [1.807, 2.05) is 12.1 Å². The van der Waals surface area contributed by atoms with Crippen molar-refractivity contribution in [3.63, 3.8) is 0 Å². The van der Waals surface area contributed by atoms with Crippen molar-refractivity contribution in [2.75, 3.05) is 9.80 Å². The minimum absolute atomic E-state index is 0.239. The molecule has 6 aromatic rings. The minimum atomic E-state index is -0.256. The highest BCUT2D eigenvalue weighted by Gasteiger charge is 2.49. The van der Waals surface area contributed by atoms with Crippen LogP contribution in [0, 0.1) is 0 Å². The zero-order valence-corrected chi connectivity index (χ0v) is 34.3. The molecule has 0 unspecified atom stereocenters. The normalized spacial score (nSPS) is 17.8. The predicted molar refractivity (Wildman–Crippen MR) is 234 cm³/mol. The van der Waals surface area contributed by atoms with Crippen LogP contribution in [-0.4, -0.2) is 48.8 Å². The highest BCUT2D eigenvalue weighted by atomic mass is 15.3. The average molecular weight is 738 g/mol. The summed E-state index contributed by atoms with van der Waals surface area (Å²) in [6.45, 7) is 22.0. The van der Waals surface area contributed by atoms with Crippen LogP contribution in [0.15, 0.2) is 137 Å². The van der Waals surface area contributed by atoms with E-state index in [1.54, 1.807) is 0 Å². The molecule has 56 heavy (non-hydrogen) atoms. The summed E-state index contributed by atoms with van der Waals surface area (Å²) >= 11 is 0. The summed E-state index contributed by atoms with van der Waals surface area (Å²) < 4.78 is 0. The van der Waals surface area contributed by atoms with E-state index < -0.39 is 0 Å².